The minimum atomic E-state index is -0.846. The molecule has 0 saturated heterocycles. The van der Waals surface area contributed by atoms with E-state index < -0.39 is 5.60 Å². The molecule has 2 atom stereocenters. The van der Waals surface area contributed by atoms with Gasteiger partial charge in [0.2, 0.25) is 0 Å². The van der Waals surface area contributed by atoms with Crippen LogP contribution in [0.3, 0.4) is 0 Å². The fourth-order valence-corrected chi connectivity index (χ4v) is 3.00. The van der Waals surface area contributed by atoms with Gasteiger partial charge in [0.05, 0.1) is 5.69 Å². The van der Waals surface area contributed by atoms with Crippen LogP contribution >= 0.6 is 11.3 Å². The number of rotatable bonds is 7. The SMILES string of the molecule is CCCC(NCC(C)(O)c1ccsc1)c1ccccn1. The van der Waals surface area contributed by atoms with Gasteiger partial charge in [0, 0.05) is 18.8 Å². The highest BCUT2D eigenvalue weighted by atomic mass is 32.1. The van der Waals surface area contributed by atoms with Crippen molar-refractivity contribution in [2.45, 2.75) is 38.3 Å². The van der Waals surface area contributed by atoms with Crippen molar-refractivity contribution in [3.05, 3.63) is 52.5 Å². The highest BCUT2D eigenvalue weighted by molar-refractivity contribution is 7.08. The van der Waals surface area contributed by atoms with Gasteiger partial charge in [0.15, 0.2) is 0 Å². The molecule has 0 spiro atoms. The minimum Gasteiger partial charge on any atom is -0.384 e. The van der Waals surface area contributed by atoms with Crippen molar-refractivity contribution >= 4 is 11.3 Å². The third-order valence-corrected chi connectivity index (χ3v) is 4.14. The van der Waals surface area contributed by atoms with E-state index in [2.05, 4.69) is 17.2 Å². The lowest BCUT2D eigenvalue weighted by Gasteiger charge is -2.26. The van der Waals surface area contributed by atoms with Gasteiger partial charge in [-0.3, -0.25) is 4.98 Å². The summed E-state index contributed by atoms with van der Waals surface area (Å²) in [6.07, 6.45) is 3.91. The lowest BCUT2D eigenvalue weighted by Crippen LogP contribution is -2.37. The Morgan fingerprint density at radius 1 is 1.40 bits per heavy atom. The molecule has 0 aliphatic heterocycles. The van der Waals surface area contributed by atoms with E-state index in [-0.39, 0.29) is 6.04 Å². The highest BCUT2D eigenvalue weighted by Crippen LogP contribution is 2.24. The Labute approximate surface area is 124 Å². The molecule has 2 aromatic rings. The molecule has 0 aromatic carbocycles. The van der Waals surface area contributed by atoms with Crippen molar-refractivity contribution in [1.29, 1.82) is 0 Å². The third kappa shape index (κ3) is 3.88. The molecular formula is C16H22N2OS. The van der Waals surface area contributed by atoms with Gasteiger partial charge in [0.1, 0.15) is 5.60 Å². The molecule has 0 bridgehead atoms. The van der Waals surface area contributed by atoms with E-state index in [9.17, 15) is 5.11 Å². The van der Waals surface area contributed by atoms with Gasteiger partial charge in [-0.25, -0.2) is 0 Å². The number of aromatic nitrogens is 1. The van der Waals surface area contributed by atoms with E-state index in [1.54, 1.807) is 11.3 Å². The summed E-state index contributed by atoms with van der Waals surface area (Å²) >= 11 is 1.61. The first-order valence-electron chi connectivity index (χ1n) is 7.03. The quantitative estimate of drug-likeness (QED) is 0.820. The maximum atomic E-state index is 10.6. The number of thiophene rings is 1. The average Bonchev–Trinajstić information content (AvgIpc) is 2.99. The van der Waals surface area contributed by atoms with Crippen LogP contribution in [-0.4, -0.2) is 16.6 Å². The Hall–Kier alpha value is -1.23. The first-order valence-corrected chi connectivity index (χ1v) is 7.97. The molecule has 2 N–H and O–H groups in total. The summed E-state index contributed by atoms with van der Waals surface area (Å²) in [5, 5.41) is 18.0. The zero-order chi connectivity index (χ0) is 14.4. The second-order valence-corrected chi connectivity index (χ2v) is 6.04. The molecule has 0 radical (unpaired) electrons. The van der Waals surface area contributed by atoms with Crippen molar-refractivity contribution in [2.24, 2.45) is 0 Å². The monoisotopic (exact) mass is 290 g/mol. The van der Waals surface area contributed by atoms with E-state index in [1.165, 1.54) is 0 Å². The summed E-state index contributed by atoms with van der Waals surface area (Å²) in [7, 11) is 0. The zero-order valence-electron chi connectivity index (χ0n) is 12.0. The lowest BCUT2D eigenvalue weighted by atomic mass is 9.98. The summed E-state index contributed by atoms with van der Waals surface area (Å²) in [5.74, 6) is 0. The van der Waals surface area contributed by atoms with Crippen LogP contribution in [-0.2, 0) is 5.60 Å². The first kappa shape index (κ1) is 15.2. The van der Waals surface area contributed by atoms with Gasteiger partial charge >= 0.3 is 0 Å². The molecule has 0 amide bonds. The van der Waals surface area contributed by atoms with Crippen LogP contribution in [0.4, 0.5) is 0 Å². The van der Waals surface area contributed by atoms with Crippen LogP contribution in [0.5, 0.6) is 0 Å². The molecule has 0 aliphatic rings. The van der Waals surface area contributed by atoms with Gasteiger partial charge in [-0.1, -0.05) is 19.4 Å². The largest absolute Gasteiger partial charge is 0.384 e. The zero-order valence-corrected chi connectivity index (χ0v) is 12.9. The minimum absolute atomic E-state index is 0.186. The van der Waals surface area contributed by atoms with E-state index >= 15 is 0 Å². The van der Waals surface area contributed by atoms with Gasteiger partial charge < -0.3 is 10.4 Å². The van der Waals surface area contributed by atoms with E-state index in [0.29, 0.717) is 6.54 Å². The summed E-state index contributed by atoms with van der Waals surface area (Å²) in [6.45, 7) is 4.53. The number of aliphatic hydroxyl groups is 1. The van der Waals surface area contributed by atoms with Crippen LogP contribution in [0.1, 0.15) is 44.0 Å². The normalized spacial score (nSPS) is 15.8. The predicted molar refractivity (Wildman–Crippen MR) is 83.8 cm³/mol. The number of pyridine rings is 1. The maximum Gasteiger partial charge on any atom is 0.100 e. The lowest BCUT2D eigenvalue weighted by molar-refractivity contribution is 0.0536. The molecule has 0 fully saturated rings. The van der Waals surface area contributed by atoms with Crippen LogP contribution < -0.4 is 5.32 Å². The van der Waals surface area contributed by atoms with Gasteiger partial charge in [-0.2, -0.15) is 11.3 Å². The second-order valence-electron chi connectivity index (χ2n) is 5.26. The molecular weight excluding hydrogens is 268 g/mol. The molecule has 2 unspecified atom stereocenters. The summed E-state index contributed by atoms with van der Waals surface area (Å²) in [6, 6.07) is 8.12. The van der Waals surface area contributed by atoms with Crippen LogP contribution in [0.15, 0.2) is 41.2 Å². The maximum absolute atomic E-state index is 10.6. The van der Waals surface area contributed by atoms with E-state index in [1.807, 2.05) is 48.1 Å². The van der Waals surface area contributed by atoms with E-state index in [0.717, 1.165) is 24.1 Å². The molecule has 2 aromatic heterocycles. The number of nitrogens with one attached hydrogen (secondary N) is 1. The smallest absolute Gasteiger partial charge is 0.100 e. The average molecular weight is 290 g/mol. The Kier molecular flexibility index (Phi) is 5.29. The molecule has 0 saturated carbocycles. The summed E-state index contributed by atoms with van der Waals surface area (Å²) in [5.41, 5.74) is 1.16. The molecule has 0 aliphatic carbocycles. The van der Waals surface area contributed by atoms with Crippen molar-refractivity contribution in [3.63, 3.8) is 0 Å². The Bertz CT molecular complexity index is 496. The van der Waals surface area contributed by atoms with Crippen molar-refractivity contribution in [2.75, 3.05) is 6.54 Å². The predicted octanol–water partition coefficient (Wildman–Crippen LogP) is 3.48. The number of nitrogens with zero attached hydrogens (tertiary/aromatic N) is 1. The van der Waals surface area contributed by atoms with Crippen molar-refractivity contribution in [3.8, 4) is 0 Å². The van der Waals surface area contributed by atoms with Crippen molar-refractivity contribution in [1.82, 2.24) is 10.3 Å². The second kappa shape index (κ2) is 6.97. The van der Waals surface area contributed by atoms with Crippen LogP contribution in [0.2, 0.25) is 0 Å². The topological polar surface area (TPSA) is 45.1 Å². The molecule has 2 rings (SSSR count). The highest BCUT2D eigenvalue weighted by Gasteiger charge is 2.25. The Balaban J connectivity index is 2.03. The Morgan fingerprint density at radius 3 is 2.85 bits per heavy atom. The molecule has 20 heavy (non-hydrogen) atoms. The van der Waals surface area contributed by atoms with Crippen molar-refractivity contribution < 1.29 is 5.11 Å². The number of hydrogen-bond acceptors (Lipinski definition) is 4. The standard InChI is InChI=1S/C16H22N2OS/c1-3-6-14(15-7-4-5-9-17-15)18-12-16(2,19)13-8-10-20-11-13/h4-5,7-11,14,18-19H,3,6,12H2,1-2H3. The molecule has 108 valence electrons. The van der Waals surface area contributed by atoms with Gasteiger partial charge in [-0.15, -0.1) is 0 Å². The fourth-order valence-electron chi connectivity index (χ4n) is 2.22. The van der Waals surface area contributed by atoms with Gasteiger partial charge in [0.25, 0.3) is 0 Å². The molecule has 2 heterocycles. The Morgan fingerprint density at radius 2 is 2.25 bits per heavy atom. The summed E-state index contributed by atoms with van der Waals surface area (Å²) in [4.78, 5) is 4.42. The third-order valence-electron chi connectivity index (χ3n) is 3.46. The first-order chi connectivity index (χ1) is 9.63. The van der Waals surface area contributed by atoms with Gasteiger partial charge in [-0.05, 0) is 47.9 Å². The molecule has 4 heteroatoms. The van der Waals surface area contributed by atoms with E-state index in [4.69, 9.17) is 0 Å². The molecule has 3 nitrogen and oxygen atoms in total. The summed E-state index contributed by atoms with van der Waals surface area (Å²) < 4.78 is 0. The fraction of sp³-hybridized carbons (Fsp3) is 0.438. The van der Waals surface area contributed by atoms with Crippen LogP contribution in [0, 0.1) is 0 Å². The van der Waals surface area contributed by atoms with Crippen LogP contribution in [0.25, 0.3) is 0 Å². The number of hydrogen-bond donors (Lipinski definition) is 2.